The molecule has 1 heterocycles. The van der Waals surface area contributed by atoms with Gasteiger partial charge in [0.25, 0.3) is 0 Å². The van der Waals surface area contributed by atoms with Gasteiger partial charge in [-0.3, -0.25) is 4.79 Å². The van der Waals surface area contributed by atoms with Crippen LogP contribution >= 0.6 is 23.4 Å². The van der Waals surface area contributed by atoms with E-state index in [1.165, 1.54) is 11.8 Å². The van der Waals surface area contributed by atoms with Crippen LogP contribution in [0, 0.1) is 5.92 Å². The van der Waals surface area contributed by atoms with Crippen molar-refractivity contribution in [2.24, 2.45) is 5.92 Å². The first-order chi connectivity index (χ1) is 8.22. The summed E-state index contributed by atoms with van der Waals surface area (Å²) >= 11 is 7.67. The Balaban J connectivity index is 2.17. The Hall–Kier alpha value is -0.930. The molecule has 2 atom stereocenters. The molecular weight excluding hydrogens is 256 g/mol. The molecule has 4 heteroatoms. The highest BCUT2D eigenvalue weighted by atomic mass is 35.5. The number of esters is 1. The Morgan fingerprint density at radius 1 is 1.41 bits per heavy atom. The molecule has 0 aliphatic carbocycles. The smallest absolute Gasteiger partial charge is 0.315 e. The van der Waals surface area contributed by atoms with Crippen LogP contribution in [0.5, 0.6) is 0 Å². The van der Waals surface area contributed by atoms with Crippen molar-refractivity contribution in [1.82, 2.24) is 0 Å². The van der Waals surface area contributed by atoms with E-state index >= 15 is 0 Å². The first-order valence-corrected chi connectivity index (χ1v) is 6.78. The maximum absolute atomic E-state index is 11.7. The van der Waals surface area contributed by atoms with Crippen LogP contribution in [0.4, 0.5) is 0 Å². The summed E-state index contributed by atoms with van der Waals surface area (Å²) in [4.78, 5) is 12.7. The minimum atomic E-state index is -0.350. The van der Waals surface area contributed by atoms with Crippen molar-refractivity contribution < 1.29 is 9.53 Å². The summed E-state index contributed by atoms with van der Waals surface area (Å²) in [6.07, 6.45) is 1.90. The van der Waals surface area contributed by atoms with Crippen LogP contribution in [0.3, 0.4) is 0 Å². The van der Waals surface area contributed by atoms with Crippen LogP contribution in [-0.2, 0) is 9.53 Å². The summed E-state index contributed by atoms with van der Waals surface area (Å²) in [5.41, 5.74) is 1.09. The van der Waals surface area contributed by atoms with E-state index in [0.717, 1.165) is 10.5 Å². The lowest BCUT2D eigenvalue weighted by Gasteiger charge is -2.09. The van der Waals surface area contributed by atoms with Crippen LogP contribution in [0.2, 0.25) is 0 Å². The van der Waals surface area contributed by atoms with Gasteiger partial charge >= 0.3 is 5.97 Å². The fraction of sp³-hybridized carbons (Fsp3) is 0.308. The molecular formula is C13H13ClO2S. The molecule has 0 N–H and O–H groups in total. The van der Waals surface area contributed by atoms with Crippen LogP contribution < -0.4 is 0 Å². The van der Waals surface area contributed by atoms with E-state index in [0.29, 0.717) is 6.61 Å². The number of ether oxygens (including phenoxy) is 1. The molecule has 2 rings (SSSR count). The standard InChI is InChI=1S/C13H13ClO2S/c1-2-16-13(15)10-8-11(17-12(10)14)9-6-4-3-5-7-9/h3-8,10,12H,2H2,1H3. The average molecular weight is 269 g/mol. The molecule has 1 aromatic rings. The van der Waals surface area contributed by atoms with E-state index < -0.39 is 0 Å². The second kappa shape index (κ2) is 5.61. The Labute approximate surface area is 110 Å². The number of thioether (sulfide) groups is 1. The highest BCUT2D eigenvalue weighted by Gasteiger charge is 2.33. The SMILES string of the molecule is CCOC(=O)C1C=C(c2ccccc2)SC1Cl. The predicted molar refractivity (Wildman–Crippen MR) is 71.8 cm³/mol. The lowest BCUT2D eigenvalue weighted by atomic mass is 10.1. The molecule has 90 valence electrons. The largest absolute Gasteiger partial charge is 0.465 e. The van der Waals surface area contributed by atoms with Crippen molar-refractivity contribution in [1.29, 1.82) is 0 Å². The van der Waals surface area contributed by atoms with Gasteiger partial charge in [0.1, 0.15) is 10.6 Å². The summed E-state index contributed by atoms with van der Waals surface area (Å²) < 4.78 is 4.73. The summed E-state index contributed by atoms with van der Waals surface area (Å²) in [5, 5.41) is 0. The van der Waals surface area contributed by atoms with E-state index in [4.69, 9.17) is 16.3 Å². The van der Waals surface area contributed by atoms with Gasteiger partial charge in [0, 0.05) is 4.91 Å². The maximum Gasteiger partial charge on any atom is 0.315 e. The van der Waals surface area contributed by atoms with Crippen LogP contribution in [0.1, 0.15) is 12.5 Å². The molecule has 0 bridgehead atoms. The average Bonchev–Trinajstić information content (AvgIpc) is 2.73. The van der Waals surface area contributed by atoms with Crippen molar-refractivity contribution in [2.75, 3.05) is 6.61 Å². The molecule has 17 heavy (non-hydrogen) atoms. The van der Waals surface area contributed by atoms with Crippen molar-refractivity contribution in [3.63, 3.8) is 0 Å². The number of carbonyl (C=O) groups is 1. The quantitative estimate of drug-likeness (QED) is 0.620. The molecule has 2 unspecified atom stereocenters. The summed E-state index contributed by atoms with van der Waals surface area (Å²) in [6, 6.07) is 9.92. The molecule has 0 aromatic heterocycles. The highest BCUT2D eigenvalue weighted by Crippen LogP contribution is 2.44. The zero-order chi connectivity index (χ0) is 12.3. The minimum Gasteiger partial charge on any atom is -0.465 e. The van der Waals surface area contributed by atoms with E-state index in [-0.39, 0.29) is 16.6 Å². The fourth-order valence-corrected chi connectivity index (χ4v) is 3.19. The third kappa shape index (κ3) is 2.85. The summed E-state index contributed by atoms with van der Waals surface area (Å²) in [6.45, 7) is 2.18. The molecule has 1 aromatic carbocycles. The zero-order valence-electron chi connectivity index (χ0n) is 9.43. The van der Waals surface area contributed by atoms with Gasteiger partial charge in [-0.05, 0) is 12.5 Å². The van der Waals surface area contributed by atoms with Gasteiger partial charge in [-0.15, -0.1) is 23.4 Å². The molecule has 0 fully saturated rings. The summed E-state index contributed by atoms with van der Waals surface area (Å²) in [5.74, 6) is -0.595. The number of rotatable bonds is 3. The van der Waals surface area contributed by atoms with Crippen molar-refractivity contribution in [3.8, 4) is 0 Å². The minimum absolute atomic E-state index is 0.245. The molecule has 2 nitrogen and oxygen atoms in total. The monoisotopic (exact) mass is 268 g/mol. The normalized spacial score (nSPS) is 23.3. The van der Waals surface area contributed by atoms with Crippen molar-refractivity contribution >= 4 is 34.2 Å². The molecule has 1 aliphatic heterocycles. The maximum atomic E-state index is 11.7. The van der Waals surface area contributed by atoms with E-state index in [2.05, 4.69) is 0 Å². The van der Waals surface area contributed by atoms with Crippen molar-refractivity contribution in [3.05, 3.63) is 42.0 Å². The van der Waals surface area contributed by atoms with Gasteiger partial charge in [-0.25, -0.2) is 0 Å². The third-order valence-corrected chi connectivity index (χ3v) is 4.15. The van der Waals surface area contributed by atoms with Gasteiger partial charge in [-0.1, -0.05) is 36.4 Å². The number of hydrogen-bond donors (Lipinski definition) is 0. The third-order valence-electron chi connectivity index (χ3n) is 2.47. The number of alkyl halides is 1. The lowest BCUT2D eigenvalue weighted by Crippen LogP contribution is -2.20. The molecule has 0 spiro atoms. The molecule has 1 aliphatic rings. The van der Waals surface area contributed by atoms with Crippen LogP contribution in [0.15, 0.2) is 36.4 Å². The first-order valence-electron chi connectivity index (χ1n) is 5.47. The van der Waals surface area contributed by atoms with Crippen molar-refractivity contribution in [2.45, 2.75) is 11.6 Å². The molecule has 0 radical (unpaired) electrons. The van der Waals surface area contributed by atoms with Gasteiger partial charge in [-0.2, -0.15) is 0 Å². The topological polar surface area (TPSA) is 26.3 Å². The Morgan fingerprint density at radius 2 is 2.12 bits per heavy atom. The predicted octanol–water partition coefficient (Wildman–Crippen LogP) is 3.52. The molecule has 0 amide bonds. The Bertz CT molecular complexity index is 430. The highest BCUT2D eigenvalue weighted by molar-refractivity contribution is 8.10. The van der Waals surface area contributed by atoms with E-state index in [1.807, 2.05) is 36.4 Å². The van der Waals surface area contributed by atoms with Crippen LogP contribution in [-0.4, -0.2) is 17.3 Å². The second-order valence-electron chi connectivity index (χ2n) is 3.64. The molecule has 0 saturated carbocycles. The lowest BCUT2D eigenvalue weighted by molar-refractivity contribution is -0.145. The van der Waals surface area contributed by atoms with E-state index in [9.17, 15) is 4.79 Å². The van der Waals surface area contributed by atoms with Gasteiger partial charge in [0.2, 0.25) is 0 Å². The van der Waals surface area contributed by atoms with E-state index in [1.54, 1.807) is 6.92 Å². The first kappa shape index (κ1) is 12.5. The number of hydrogen-bond acceptors (Lipinski definition) is 3. The number of benzene rings is 1. The summed E-state index contributed by atoms with van der Waals surface area (Å²) in [7, 11) is 0. The second-order valence-corrected chi connectivity index (χ2v) is 5.56. The number of halogens is 1. The zero-order valence-corrected chi connectivity index (χ0v) is 11.0. The fourth-order valence-electron chi connectivity index (χ4n) is 1.65. The van der Waals surface area contributed by atoms with Gasteiger partial charge in [0.15, 0.2) is 0 Å². The Morgan fingerprint density at radius 3 is 2.76 bits per heavy atom. The van der Waals surface area contributed by atoms with Gasteiger partial charge < -0.3 is 4.74 Å². The van der Waals surface area contributed by atoms with Gasteiger partial charge in [0.05, 0.1) is 6.61 Å². The van der Waals surface area contributed by atoms with Crippen LogP contribution in [0.25, 0.3) is 4.91 Å². The number of carbonyl (C=O) groups excluding carboxylic acids is 1. The Kier molecular flexibility index (Phi) is 4.13. The molecule has 0 saturated heterocycles.